The van der Waals surface area contributed by atoms with Gasteiger partial charge in [0.1, 0.15) is 5.82 Å². The van der Waals surface area contributed by atoms with Crippen LogP contribution in [0.5, 0.6) is 11.5 Å². The average Bonchev–Trinajstić information content (AvgIpc) is 3.39. The van der Waals surface area contributed by atoms with Crippen LogP contribution in [0.25, 0.3) is 10.9 Å². The number of nitrogens with one attached hydrogen (secondary N) is 1. The number of fused-ring (bicyclic) bond motifs is 1. The van der Waals surface area contributed by atoms with Gasteiger partial charge in [-0.1, -0.05) is 6.42 Å². The number of hydrogen-bond donors (Lipinski definition) is 1. The van der Waals surface area contributed by atoms with Crippen LogP contribution in [0, 0.1) is 5.92 Å². The van der Waals surface area contributed by atoms with Crippen molar-refractivity contribution >= 4 is 16.8 Å². The zero-order valence-corrected chi connectivity index (χ0v) is 14.4. The minimum Gasteiger partial charge on any atom is -0.493 e. The first-order chi connectivity index (χ1) is 12.1. The Morgan fingerprint density at radius 2 is 1.84 bits per heavy atom. The Balaban J connectivity index is 1.85. The van der Waals surface area contributed by atoms with Crippen molar-refractivity contribution in [3.05, 3.63) is 28.3 Å². The molecule has 2 aliphatic rings. The van der Waals surface area contributed by atoms with Gasteiger partial charge < -0.3 is 9.47 Å². The van der Waals surface area contributed by atoms with E-state index in [-0.39, 0.29) is 23.3 Å². The first kappa shape index (κ1) is 15.9. The molecule has 7 nitrogen and oxygen atoms in total. The molecule has 0 bridgehead atoms. The number of carbonyl (C=O) groups is 1. The highest BCUT2D eigenvalue weighted by Gasteiger charge is 2.32. The summed E-state index contributed by atoms with van der Waals surface area (Å²) >= 11 is 0. The molecule has 1 N–H and O–H groups in total. The molecule has 2 aliphatic carbocycles. The van der Waals surface area contributed by atoms with E-state index in [1.165, 1.54) is 11.8 Å². The molecule has 0 spiro atoms. The molecule has 132 valence electrons. The van der Waals surface area contributed by atoms with Gasteiger partial charge in [0.05, 0.1) is 25.1 Å². The molecule has 25 heavy (non-hydrogen) atoms. The summed E-state index contributed by atoms with van der Waals surface area (Å²) in [5.74, 6) is 1.73. The summed E-state index contributed by atoms with van der Waals surface area (Å²) in [7, 11) is 3.07. The van der Waals surface area contributed by atoms with E-state index in [1.807, 2.05) is 0 Å². The number of hydrogen-bond acceptors (Lipinski definition) is 5. The van der Waals surface area contributed by atoms with Crippen molar-refractivity contribution in [1.29, 1.82) is 0 Å². The van der Waals surface area contributed by atoms with E-state index in [4.69, 9.17) is 9.47 Å². The highest BCUT2D eigenvalue weighted by atomic mass is 16.5. The summed E-state index contributed by atoms with van der Waals surface area (Å²) in [5.41, 5.74) is 3.07. The van der Waals surface area contributed by atoms with Crippen LogP contribution < -0.4 is 20.5 Å². The Labute approximate surface area is 144 Å². The van der Waals surface area contributed by atoms with Crippen LogP contribution >= 0.6 is 0 Å². The normalized spacial score (nSPS) is 17.2. The molecular formula is C18H21N3O4. The number of aromatic nitrogens is 2. The second-order valence-electron chi connectivity index (χ2n) is 6.71. The Bertz CT molecular complexity index is 897. The van der Waals surface area contributed by atoms with Crippen molar-refractivity contribution in [3.8, 4) is 11.5 Å². The van der Waals surface area contributed by atoms with Crippen LogP contribution in [0.1, 0.15) is 43.8 Å². The first-order valence-electron chi connectivity index (χ1n) is 8.62. The lowest BCUT2D eigenvalue weighted by molar-refractivity contribution is -0.123. The highest BCUT2D eigenvalue weighted by molar-refractivity contribution is 5.87. The van der Waals surface area contributed by atoms with E-state index in [2.05, 4.69) is 10.4 Å². The molecule has 4 rings (SSSR count). The molecule has 2 aromatic rings. The van der Waals surface area contributed by atoms with Crippen LogP contribution in [-0.4, -0.2) is 29.8 Å². The molecule has 1 aromatic carbocycles. The largest absolute Gasteiger partial charge is 0.493 e. The fourth-order valence-corrected chi connectivity index (χ4v) is 3.13. The van der Waals surface area contributed by atoms with Gasteiger partial charge in [-0.25, -0.2) is 9.66 Å². The third-order valence-electron chi connectivity index (χ3n) is 5.04. The lowest BCUT2D eigenvalue weighted by Gasteiger charge is -2.25. The standard InChI is InChI=1S/C18H21N3O4/c1-24-14-8-12-13(9-15(14)25-2)19-16(10-6-7-10)21(18(12)23)20-17(22)11-4-3-5-11/h8-11H,3-7H2,1-2H3,(H,20,22). The van der Waals surface area contributed by atoms with Crippen LogP contribution in [0.15, 0.2) is 16.9 Å². The Kier molecular flexibility index (Phi) is 3.86. The highest BCUT2D eigenvalue weighted by Crippen LogP contribution is 2.39. The van der Waals surface area contributed by atoms with E-state index in [0.29, 0.717) is 28.2 Å². The molecule has 0 unspecified atom stereocenters. The van der Waals surface area contributed by atoms with Gasteiger partial charge in [-0.15, -0.1) is 0 Å². The number of carbonyl (C=O) groups excluding carboxylic acids is 1. The monoisotopic (exact) mass is 343 g/mol. The van der Waals surface area contributed by atoms with Crippen molar-refractivity contribution in [1.82, 2.24) is 9.66 Å². The summed E-state index contributed by atoms with van der Waals surface area (Å²) in [6, 6.07) is 3.33. The van der Waals surface area contributed by atoms with Gasteiger partial charge in [-0.05, 0) is 31.7 Å². The van der Waals surface area contributed by atoms with Gasteiger partial charge in [-0.3, -0.25) is 15.0 Å². The average molecular weight is 343 g/mol. The molecule has 0 saturated heterocycles. The topological polar surface area (TPSA) is 82.5 Å². The van der Waals surface area contributed by atoms with Gasteiger partial charge >= 0.3 is 0 Å². The van der Waals surface area contributed by atoms with E-state index < -0.39 is 0 Å². The molecule has 0 aliphatic heterocycles. The second-order valence-corrected chi connectivity index (χ2v) is 6.71. The van der Waals surface area contributed by atoms with Gasteiger partial charge in [-0.2, -0.15) is 0 Å². The fraction of sp³-hybridized carbons (Fsp3) is 0.500. The lowest BCUT2D eigenvalue weighted by Crippen LogP contribution is -2.40. The molecule has 7 heteroatoms. The summed E-state index contributed by atoms with van der Waals surface area (Å²) in [6.07, 6.45) is 4.78. The SMILES string of the molecule is COc1cc2nc(C3CC3)n(NC(=O)C3CCC3)c(=O)c2cc1OC. The van der Waals surface area contributed by atoms with Crippen molar-refractivity contribution < 1.29 is 14.3 Å². The van der Waals surface area contributed by atoms with Crippen LogP contribution in [0.4, 0.5) is 0 Å². The third-order valence-corrected chi connectivity index (χ3v) is 5.04. The number of nitrogens with zero attached hydrogens (tertiary/aromatic N) is 2. The maximum atomic E-state index is 13.0. The molecule has 0 atom stereocenters. The quantitative estimate of drug-likeness (QED) is 0.899. The van der Waals surface area contributed by atoms with Crippen LogP contribution in [-0.2, 0) is 4.79 Å². The summed E-state index contributed by atoms with van der Waals surface area (Å²) in [5, 5.41) is 0.399. The molecule has 1 amide bonds. The smallest absolute Gasteiger partial charge is 0.280 e. The fourth-order valence-electron chi connectivity index (χ4n) is 3.13. The van der Waals surface area contributed by atoms with Crippen molar-refractivity contribution in [2.45, 2.75) is 38.0 Å². The van der Waals surface area contributed by atoms with E-state index in [9.17, 15) is 9.59 Å². The Morgan fingerprint density at radius 1 is 1.16 bits per heavy atom. The third kappa shape index (κ3) is 2.73. The van der Waals surface area contributed by atoms with Gasteiger partial charge in [0, 0.05) is 17.9 Å². The molecular weight excluding hydrogens is 322 g/mol. The number of ether oxygens (including phenoxy) is 2. The molecule has 2 saturated carbocycles. The van der Waals surface area contributed by atoms with E-state index in [1.54, 1.807) is 19.2 Å². The van der Waals surface area contributed by atoms with Crippen LogP contribution in [0.2, 0.25) is 0 Å². The minimum atomic E-state index is -0.277. The van der Waals surface area contributed by atoms with Crippen molar-refractivity contribution in [2.24, 2.45) is 5.92 Å². The molecule has 1 heterocycles. The number of amides is 1. The second kappa shape index (κ2) is 6.06. The number of benzene rings is 1. The van der Waals surface area contributed by atoms with Crippen molar-refractivity contribution in [2.75, 3.05) is 19.6 Å². The van der Waals surface area contributed by atoms with E-state index >= 15 is 0 Å². The minimum absolute atomic E-state index is 0.0000495. The summed E-state index contributed by atoms with van der Waals surface area (Å²) < 4.78 is 11.9. The molecule has 2 fully saturated rings. The van der Waals surface area contributed by atoms with Crippen molar-refractivity contribution in [3.63, 3.8) is 0 Å². The predicted molar refractivity (Wildman–Crippen MR) is 92.8 cm³/mol. The van der Waals surface area contributed by atoms with Crippen LogP contribution in [0.3, 0.4) is 0 Å². The number of rotatable bonds is 5. The summed E-state index contributed by atoms with van der Waals surface area (Å²) in [4.78, 5) is 30.0. The Hall–Kier alpha value is -2.57. The maximum absolute atomic E-state index is 13.0. The van der Waals surface area contributed by atoms with Gasteiger partial charge in [0.2, 0.25) is 5.91 Å². The maximum Gasteiger partial charge on any atom is 0.280 e. The number of methoxy groups -OCH3 is 2. The zero-order chi connectivity index (χ0) is 17.6. The summed E-state index contributed by atoms with van der Waals surface area (Å²) in [6.45, 7) is 0. The van der Waals surface area contributed by atoms with E-state index in [0.717, 1.165) is 32.1 Å². The lowest BCUT2D eigenvalue weighted by atomic mass is 9.85. The van der Waals surface area contributed by atoms with Gasteiger partial charge in [0.25, 0.3) is 5.56 Å². The zero-order valence-electron chi connectivity index (χ0n) is 14.4. The predicted octanol–water partition coefficient (Wildman–Crippen LogP) is 2.16. The first-order valence-corrected chi connectivity index (χ1v) is 8.62. The molecule has 1 aromatic heterocycles. The Morgan fingerprint density at radius 3 is 2.40 bits per heavy atom. The molecule has 0 radical (unpaired) electrons. The van der Waals surface area contributed by atoms with Gasteiger partial charge in [0.15, 0.2) is 11.5 Å².